The Morgan fingerprint density at radius 3 is 2.44 bits per heavy atom. The minimum Gasteiger partial charge on any atom is -0.389 e. The van der Waals surface area contributed by atoms with Crippen molar-refractivity contribution in [1.29, 1.82) is 0 Å². The molecule has 18 heavy (non-hydrogen) atoms. The predicted molar refractivity (Wildman–Crippen MR) is 68.3 cm³/mol. The second-order valence-electron chi connectivity index (χ2n) is 3.84. The minimum absolute atomic E-state index is 0.104. The average molecular weight is 269 g/mol. The molecule has 1 aromatic heterocycles. The zero-order valence-electron chi connectivity index (χ0n) is 10.2. The fourth-order valence-corrected chi connectivity index (χ4v) is 1.87. The van der Waals surface area contributed by atoms with E-state index in [0.29, 0.717) is 5.56 Å². The van der Waals surface area contributed by atoms with Crippen LogP contribution in [0.2, 0.25) is 0 Å². The third kappa shape index (κ3) is 4.21. The largest absolute Gasteiger partial charge is 0.389 e. The average Bonchev–Trinajstić information content (AvgIpc) is 2.35. The first kappa shape index (κ1) is 14.8. The molecule has 0 aliphatic heterocycles. The van der Waals surface area contributed by atoms with Crippen molar-refractivity contribution in [2.45, 2.75) is 26.1 Å². The van der Waals surface area contributed by atoms with Gasteiger partial charge in [0.05, 0.1) is 11.8 Å². The molecule has 0 aromatic carbocycles. The zero-order chi connectivity index (χ0) is 13.7. The van der Waals surface area contributed by atoms with Crippen molar-refractivity contribution in [1.82, 2.24) is 4.98 Å². The highest BCUT2D eigenvalue weighted by Crippen LogP contribution is 2.18. The number of hydrogen-bond acceptors (Lipinski definition) is 6. The number of aromatic nitrogens is 1. The minimum atomic E-state index is -1.17. The number of Topliss-reactive ketones (excluding diaryl/α,β-unsaturated/α-hetero) is 1. The predicted octanol–water partition coefficient (Wildman–Crippen LogP) is 0.958. The van der Waals surface area contributed by atoms with Crippen LogP contribution in [-0.4, -0.2) is 38.0 Å². The Hall–Kier alpha value is -1.24. The summed E-state index contributed by atoms with van der Waals surface area (Å²) in [6, 6.07) is 3.03. The molecule has 98 valence electrons. The van der Waals surface area contributed by atoms with Gasteiger partial charge in [-0.15, -0.1) is 0 Å². The third-order valence-corrected chi connectivity index (χ3v) is 3.23. The van der Waals surface area contributed by atoms with E-state index in [2.05, 4.69) is 4.98 Å². The van der Waals surface area contributed by atoms with Crippen LogP contribution in [0.5, 0.6) is 0 Å². The van der Waals surface area contributed by atoms with Crippen LogP contribution in [0.1, 0.15) is 36.0 Å². The van der Waals surface area contributed by atoms with Crippen molar-refractivity contribution in [2.75, 3.05) is 5.75 Å². The van der Waals surface area contributed by atoms with E-state index in [9.17, 15) is 19.8 Å². The van der Waals surface area contributed by atoms with Crippen LogP contribution >= 0.6 is 11.8 Å². The lowest BCUT2D eigenvalue weighted by atomic mass is 10.1. The first-order valence-electron chi connectivity index (χ1n) is 5.38. The van der Waals surface area contributed by atoms with Crippen LogP contribution in [0.25, 0.3) is 0 Å². The van der Waals surface area contributed by atoms with E-state index in [1.54, 1.807) is 6.07 Å². The molecule has 0 aliphatic rings. The molecule has 0 fully saturated rings. The summed E-state index contributed by atoms with van der Waals surface area (Å²) < 4.78 is 0. The molecule has 0 spiro atoms. The van der Waals surface area contributed by atoms with Crippen LogP contribution in [-0.2, 0) is 4.79 Å². The molecular weight excluding hydrogens is 254 g/mol. The van der Waals surface area contributed by atoms with Crippen molar-refractivity contribution >= 4 is 22.7 Å². The molecule has 1 rings (SSSR count). The molecular formula is C12H15NO4S. The smallest absolute Gasteiger partial charge is 0.185 e. The van der Waals surface area contributed by atoms with Gasteiger partial charge in [0.2, 0.25) is 0 Å². The maximum Gasteiger partial charge on any atom is 0.185 e. The first-order valence-corrected chi connectivity index (χ1v) is 6.36. The van der Waals surface area contributed by atoms with Gasteiger partial charge in [-0.1, -0.05) is 11.8 Å². The van der Waals surface area contributed by atoms with Crippen molar-refractivity contribution in [3.63, 3.8) is 0 Å². The van der Waals surface area contributed by atoms with Crippen LogP contribution < -0.4 is 0 Å². The molecule has 1 heterocycles. The summed E-state index contributed by atoms with van der Waals surface area (Å²) in [5.41, 5.74) is 0.718. The first-order chi connectivity index (χ1) is 8.41. The molecule has 6 heteroatoms. The molecule has 0 bridgehead atoms. The fourth-order valence-electron chi connectivity index (χ4n) is 1.28. The molecule has 0 saturated heterocycles. The molecule has 5 nitrogen and oxygen atoms in total. The van der Waals surface area contributed by atoms with Gasteiger partial charge in [0.1, 0.15) is 6.10 Å². The van der Waals surface area contributed by atoms with Crippen LogP contribution in [0, 0.1) is 0 Å². The number of carbonyl (C=O) groups is 2. The normalized spacial score (nSPS) is 14.0. The quantitative estimate of drug-likeness (QED) is 0.774. The van der Waals surface area contributed by atoms with E-state index in [1.165, 1.54) is 26.1 Å². The van der Waals surface area contributed by atoms with E-state index >= 15 is 0 Å². The number of ketones is 1. The van der Waals surface area contributed by atoms with Crippen LogP contribution in [0.15, 0.2) is 18.3 Å². The number of thioether (sulfide) groups is 1. The van der Waals surface area contributed by atoms with Gasteiger partial charge in [-0.2, -0.15) is 0 Å². The van der Waals surface area contributed by atoms with E-state index < -0.39 is 12.2 Å². The van der Waals surface area contributed by atoms with Gasteiger partial charge in [0.15, 0.2) is 10.9 Å². The van der Waals surface area contributed by atoms with E-state index in [4.69, 9.17) is 0 Å². The van der Waals surface area contributed by atoms with Gasteiger partial charge in [-0.25, -0.2) is 0 Å². The molecule has 0 radical (unpaired) electrons. The Labute approximate surface area is 109 Å². The van der Waals surface area contributed by atoms with Gasteiger partial charge < -0.3 is 10.2 Å². The highest BCUT2D eigenvalue weighted by molar-refractivity contribution is 8.13. The highest BCUT2D eigenvalue weighted by atomic mass is 32.2. The number of pyridine rings is 1. The molecule has 2 unspecified atom stereocenters. The highest BCUT2D eigenvalue weighted by Gasteiger charge is 2.20. The second-order valence-corrected chi connectivity index (χ2v) is 5.04. The monoisotopic (exact) mass is 269 g/mol. The Balaban J connectivity index is 2.68. The van der Waals surface area contributed by atoms with E-state index in [-0.39, 0.29) is 22.3 Å². The summed E-state index contributed by atoms with van der Waals surface area (Å²) in [4.78, 5) is 25.7. The van der Waals surface area contributed by atoms with Crippen LogP contribution in [0.3, 0.4) is 0 Å². The Morgan fingerprint density at radius 2 is 2.00 bits per heavy atom. The van der Waals surface area contributed by atoms with Crippen molar-refractivity contribution in [3.8, 4) is 0 Å². The Morgan fingerprint density at radius 1 is 1.33 bits per heavy atom. The number of hydrogen-bond donors (Lipinski definition) is 2. The molecule has 0 aliphatic carbocycles. The fraction of sp³-hybridized carbons (Fsp3) is 0.417. The van der Waals surface area contributed by atoms with Gasteiger partial charge in [0.25, 0.3) is 0 Å². The zero-order valence-corrected chi connectivity index (χ0v) is 11.0. The van der Waals surface area contributed by atoms with Gasteiger partial charge in [0, 0.05) is 24.4 Å². The summed E-state index contributed by atoms with van der Waals surface area (Å²) in [7, 11) is 0. The number of aliphatic hydroxyl groups excluding tert-OH is 2. The summed E-state index contributed by atoms with van der Waals surface area (Å²) in [5, 5.41) is 19.4. The lowest BCUT2D eigenvalue weighted by Crippen LogP contribution is -2.22. The molecule has 0 amide bonds. The van der Waals surface area contributed by atoms with Gasteiger partial charge in [-0.05, 0) is 19.1 Å². The number of aliphatic hydroxyl groups is 2. The second kappa shape index (κ2) is 6.63. The summed E-state index contributed by atoms with van der Waals surface area (Å²) in [6.45, 7) is 2.81. The van der Waals surface area contributed by atoms with Gasteiger partial charge in [-0.3, -0.25) is 14.6 Å². The summed E-state index contributed by atoms with van der Waals surface area (Å²) in [6.07, 6.45) is -0.890. The van der Waals surface area contributed by atoms with Crippen molar-refractivity contribution in [2.24, 2.45) is 0 Å². The topological polar surface area (TPSA) is 87.5 Å². The number of carbonyl (C=O) groups excluding carboxylic acids is 2. The maximum atomic E-state index is 11.0. The maximum absolute atomic E-state index is 11.0. The van der Waals surface area contributed by atoms with Crippen molar-refractivity contribution < 1.29 is 19.8 Å². The Kier molecular flexibility index (Phi) is 5.46. The Bertz CT molecular complexity index is 432. The number of nitrogens with zero attached hydrogens (tertiary/aromatic N) is 1. The van der Waals surface area contributed by atoms with Crippen LogP contribution in [0.4, 0.5) is 0 Å². The lowest BCUT2D eigenvalue weighted by molar-refractivity contribution is -0.109. The third-order valence-electron chi connectivity index (χ3n) is 2.32. The van der Waals surface area contributed by atoms with Crippen molar-refractivity contribution in [3.05, 3.63) is 29.6 Å². The van der Waals surface area contributed by atoms with E-state index in [0.717, 1.165) is 11.8 Å². The van der Waals surface area contributed by atoms with Gasteiger partial charge >= 0.3 is 0 Å². The SMILES string of the molecule is CC(=O)SCC(O)C(O)c1ccc(C(C)=O)cn1. The standard InChI is InChI=1S/C12H15NO4S/c1-7(14)9-3-4-10(13-5-9)12(17)11(16)6-18-8(2)15/h3-5,11-12,16-17H,6H2,1-2H3. The summed E-state index contributed by atoms with van der Waals surface area (Å²) in [5.74, 6) is -0.0108. The molecule has 1 aromatic rings. The lowest BCUT2D eigenvalue weighted by Gasteiger charge is -2.16. The molecule has 2 atom stereocenters. The summed E-state index contributed by atoms with van der Waals surface area (Å²) >= 11 is 0.940. The van der Waals surface area contributed by atoms with E-state index in [1.807, 2.05) is 0 Å². The molecule has 0 saturated carbocycles. The number of rotatable bonds is 5. The molecule has 2 N–H and O–H groups in total.